The van der Waals surface area contributed by atoms with Crippen molar-refractivity contribution in [1.29, 1.82) is 0 Å². The minimum absolute atomic E-state index is 0.0517. The topological polar surface area (TPSA) is 57.5 Å². The molecule has 0 aliphatic rings. The Hall–Kier alpha value is 0.150. The highest BCUT2D eigenvalue weighted by atomic mass is 31.2. The molecule has 0 radical (unpaired) electrons. The van der Waals surface area contributed by atoms with Crippen molar-refractivity contribution >= 4 is 7.60 Å². The monoisotopic (exact) mass is 362 g/mol. The van der Waals surface area contributed by atoms with E-state index in [1.807, 2.05) is 0 Å². The zero-order chi connectivity index (χ0) is 18.3. The number of rotatable bonds is 17. The Kier molecular flexibility index (Phi) is 14.4. The van der Waals surface area contributed by atoms with E-state index in [9.17, 15) is 4.57 Å². The van der Waals surface area contributed by atoms with Crippen LogP contribution in [-0.2, 0) is 4.57 Å². The minimum Gasteiger partial charge on any atom is -0.324 e. The van der Waals surface area contributed by atoms with Gasteiger partial charge in [0.1, 0.15) is 0 Å². The molecule has 0 aromatic carbocycles. The molecule has 0 aromatic rings. The lowest BCUT2D eigenvalue weighted by Gasteiger charge is -2.30. The molecule has 0 saturated heterocycles. The van der Waals surface area contributed by atoms with Crippen LogP contribution in [0.2, 0.25) is 0 Å². The first-order valence-corrected chi connectivity index (χ1v) is 12.2. The van der Waals surface area contributed by atoms with Gasteiger partial charge in [-0.3, -0.25) is 4.57 Å². The van der Waals surface area contributed by atoms with Gasteiger partial charge in [-0.15, -0.1) is 0 Å². The van der Waals surface area contributed by atoms with Gasteiger partial charge in [-0.25, -0.2) is 0 Å². The second-order valence-electron chi connectivity index (χ2n) is 7.98. The van der Waals surface area contributed by atoms with E-state index in [0.717, 1.165) is 12.8 Å². The van der Waals surface area contributed by atoms with Crippen molar-refractivity contribution in [2.24, 2.45) is 5.41 Å². The average Bonchev–Trinajstić information content (AvgIpc) is 2.51. The van der Waals surface area contributed by atoms with Crippen LogP contribution in [-0.4, -0.2) is 15.9 Å². The maximum Gasteiger partial charge on any atom is 0.325 e. The van der Waals surface area contributed by atoms with Gasteiger partial charge in [0.05, 0.1) is 0 Å². The molecule has 0 unspecified atom stereocenters. The van der Waals surface area contributed by atoms with Crippen molar-refractivity contribution in [2.45, 2.75) is 117 Å². The molecule has 3 nitrogen and oxygen atoms in total. The van der Waals surface area contributed by atoms with Crippen LogP contribution < -0.4 is 0 Å². The lowest BCUT2D eigenvalue weighted by molar-refractivity contribution is 0.224. The molecule has 0 aliphatic carbocycles. The van der Waals surface area contributed by atoms with Gasteiger partial charge in [0.2, 0.25) is 0 Å². The molecular weight excluding hydrogens is 319 g/mol. The van der Waals surface area contributed by atoms with Crippen LogP contribution in [0.3, 0.4) is 0 Å². The summed E-state index contributed by atoms with van der Waals surface area (Å²) in [6.07, 6.45) is 18.6. The highest BCUT2D eigenvalue weighted by Gasteiger charge is 2.23. The van der Waals surface area contributed by atoms with Crippen LogP contribution in [0.4, 0.5) is 0 Å². The number of hydrogen-bond donors (Lipinski definition) is 2. The Morgan fingerprint density at radius 2 is 1.04 bits per heavy atom. The van der Waals surface area contributed by atoms with E-state index in [2.05, 4.69) is 20.8 Å². The van der Waals surface area contributed by atoms with Crippen molar-refractivity contribution in [1.82, 2.24) is 0 Å². The van der Waals surface area contributed by atoms with Gasteiger partial charge >= 0.3 is 7.60 Å². The van der Waals surface area contributed by atoms with Gasteiger partial charge in [0.15, 0.2) is 0 Å². The van der Waals surface area contributed by atoms with Crippen LogP contribution >= 0.6 is 7.60 Å². The van der Waals surface area contributed by atoms with Crippen molar-refractivity contribution in [3.05, 3.63) is 0 Å². The Bertz CT molecular complexity index is 311. The van der Waals surface area contributed by atoms with E-state index in [0.29, 0.717) is 11.8 Å². The van der Waals surface area contributed by atoms with Gasteiger partial charge in [0, 0.05) is 6.16 Å². The third kappa shape index (κ3) is 15.7. The summed E-state index contributed by atoms with van der Waals surface area (Å²) in [5, 5.41) is 0. The van der Waals surface area contributed by atoms with Crippen molar-refractivity contribution in [3.63, 3.8) is 0 Å². The van der Waals surface area contributed by atoms with Gasteiger partial charge in [-0.2, -0.15) is 0 Å². The van der Waals surface area contributed by atoms with Gasteiger partial charge in [-0.1, -0.05) is 91.4 Å². The lowest BCUT2D eigenvalue weighted by Crippen LogP contribution is -2.17. The molecule has 0 aliphatic heterocycles. The first kappa shape index (κ1) is 24.1. The molecule has 0 spiro atoms. The number of unbranched alkanes of at least 4 members (excludes halogenated alkanes) is 9. The summed E-state index contributed by atoms with van der Waals surface area (Å²) in [5.41, 5.74) is 0.368. The molecule has 0 amide bonds. The summed E-state index contributed by atoms with van der Waals surface area (Å²) in [4.78, 5) is 18.0. The fourth-order valence-corrected chi connectivity index (χ4v) is 4.19. The molecule has 0 fully saturated rings. The summed E-state index contributed by atoms with van der Waals surface area (Å²) in [6, 6.07) is 0. The van der Waals surface area contributed by atoms with E-state index in [-0.39, 0.29) is 6.16 Å². The molecule has 0 saturated carbocycles. The maximum absolute atomic E-state index is 11.0. The van der Waals surface area contributed by atoms with Crippen LogP contribution in [0.25, 0.3) is 0 Å². The van der Waals surface area contributed by atoms with E-state index in [4.69, 9.17) is 9.79 Å². The summed E-state index contributed by atoms with van der Waals surface area (Å²) < 4.78 is 11.0. The zero-order valence-electron chi connectivity index (χ0n) is 16.6. The molecule has 4 heteroatoms. The van der Waals surface area contributed by atoms with Crippen LogP contribution in [0, 0.1) is 5.41 Å². The molecule has 0 heterocycles. The first-order valence-electron chi connectivity index (χ1n) is 10.4. The molecule has 146 valence electrons. The fourth-order valence-electron chi connectivity index (χ4n) is 3.56. The fraction of sp³-hybridized carbons (Fsp3) is 1.00. The van der Waals surface area contributed by atoms with Crippen LogP contribution in [0.5, 0.6) is 0 Å². The summed E-state index contributed by atoms with van der Waals surface area (Å²) in [6.45, 7) is 6.91. The molecule has 24 heavy (non-hydrogen) atoms. The van der Waals surface area contributed by atoms with Crippen molar-refractivity contribution < 1.29 is 14.4 Å². The third-order valence-corrected chi connectivity index (χ3v) is 6.15. The summed E-state index contributed by atoms with van der Waals surface area (Å²) >= 11 is 0. The standard InChI is InChI=1S/C20H43O3P/c1-4-6-8-10-12-16-20(3,17-13-11-9-7-5-2)18-14-15-19-24(21,22)23/h4-19H2,1-3H3,(H2,21,22,23). The Morgan fingerprint density at radius 1 is 0.667 bits per heavy atom. The quantitative estimate of drug-likeness (QED) is 0.215. The first-order chi connectivity index (χ1) is 11.3. The Labute approximate surface area is 151 Å². The lowest BCUT2D eigenvalue weighted by atomic mass is 9.76. The van der Waals surface area contributed by atoms with Crippen molar-refractivity contribution in [3.8, 4) is 0 Å². The second kappa shape index (κ2) is 14.3. The zero-order valence-corrected chi connectivity index (χ0v) is 17.5. The van der Waals surface area contributed by atoms with Crippen molar-refractivity contribution in [2.75, 3.05) is 6.16 Å². The Morgan fingerprint density at radius 3 is 1.42 bits per heavy atom. The Balaban J connectivity index is 4.16. The third-order valence-electron chi connectivity index (χ3n) is 5.25. The maximum atomic E-state index is 11.0. The van der Waals surface area contributed by atoms with Gasteiger partial charge in [-0.05, 0) is 31.1 Å². The van der Waals surface area contributed by atoms with Gasteiger partial charge < -0.3 is 9.79 Å². The highest BCUT2D eigenvalue weighted by molar-refractivity contribution is 7.51. The van der Waals surface area contributed by atoms with E-state index in [1.54, 1.807) is 0 Å². The molecule has 2 N–H and O–H groups in total. The highest BCUT2D eigenvalue weighted by Crippen LogP contribution is 2.39. The molecule has 0 rings (SSSR count). The molecule has 0 atom stereocenters. The normalized spacial score (nSPS) is 12.7. The molecule has 0 bridgehead atoms. The SMILES string of the molecule is CCCCCCCC(C)(CCCCCCC)CCCCP(=O)(O)O. The van der Waals surface area contributed by atoms with Gasteiger partial charge in [0.25, 0.3) is 0 Å². The predicted molar refractivity (Wildman–Crippen MR) is 106 cm³/mol. The van der Waals surface area contributed by atoms with E-state index in [1.165, 1.54) is 77.0 Å². The summed E-state index contributed by atoms with van der Waals surface area (Å²) in [7, 11) is -3.82. The van der Waals surface area contributed by atoms with Crippen LogP contribution in [0.1, 0.15) is 117 Å². The van der Waals surface area contributed by atoms with E-state index >= 15 is 0 Å². The summed E-state index contributed by atoms with van der Waals surface area (Å²) in [5.74, 6) is 0. The minimum atomic E-state index is -3.82. The largest absolute Gasteiger partial charge is 0.325 e. The van der Waals surface area contributed by atoms with E-state index < -0.39 is 7.60 Å². The van der Waals surface area contributed by atoms with Crippen LogP contribution in [0.15, 0.2) is 0 Å². The average molecular weight is 363 g/mol. The predicted octanol–water partition coefficient (Wildman–Crippen LogP) is 7.06. The molecular formula is C20H43O3P. The molecule has 0 aromatic heterocycles. The number of hydrogen-bond acceptors (Lipinski definition) is 1. The second-order valence-corrected chi connectivity index (χ2v) is 9.76. The smallest absolute Gasteiger partial charge is 0.324 e.